The van der Waals surface area contributed by atoms with Gasteiger partial charge in [0.2, 0.25) is 10.7 Å². The topological polar surface area (TPSA) is 87.7 Å². The molecule has 0 saturated carbocycles. The second-order valence-electron chi connectivity index (χ2n) is 2.63. The molecular weight excluding hydrogens is 216 g/mol. The molecule has 7 heteroatoms. The molecule has 0 radical (unpaired) electrons. The molecule has 1 amide bonds. The van der Waals surface area contributed by atoms with Crippen molar-refractivity contribution in [3.8, 4) is 0 Å². The predicted molar refractivity (Wildman–Crippen MR) is 54.9 cm³/mol. The number of aromatic amines is 1. The highest BCUT2D eigenvalue weighted by Crippen LogP contribution is 2.08. The van der Waals surface area contributed by atoms with Crippen molar-refractivity contribution in [3.05, 3.63) is 39.8 Å². The fraction of sp³-hybridized carbons (Fsp3) is 0. The standard InChI is InChI=1S/C8H6N4O2S/c13-6-3-1-2-5(10-6)7(14)11-8-12-9-4-15-8/h1-4H,(H,10,13)(H,11,12,14). The Morgan fingerprint density at radius 2 is 2.33 bits per heavy atom. The largest absolute Gasteiger partial charge is 0.318 e. The van der Waals surface area contributed by atoms with Crippen LogP contribution in [-0.4, -0.2) is 21.1 Å². The summed E-state index contributed by atoms with van der Waals surface area (Å²) < 4.78 is 0. The molecule has 0 fully saturated rings. The van der Waals surface area contributed by atoms with Crippen molar-refractivity contribution < 1.29 is 4.79 Å². The number of amides is 1. The molecule has 0 aromatic carbocycles. The number of H-pyrrole nitrogens is 1. The summed E-state index contributed by atoms with van der Waals surface area (Å²) in [4.78, 5) is 24.9. The van der Waals surface area contributed by atoms with Gasteiger partial charge in [-0.25, -0.2) is 0 Å². The van der Waals surface area contributed by atoms with Gasteiger partial charge in [-0.05, 0) is 6.07 Å². The number of nitrogens with one attached hydrogen (secondary N) is 2. The summed E-state index contributed by atoms with van der Waals surface area (Å²) in [6.45, 7) is 0. The Morgan fingerprint density at radius 3 is 3.00 bits per heavy atom. The summed E-state index contributed by atoms with van der Waals surface area (Å²) in [7, 11) is 0. The second kappa shape index (κ2) is 4.01. The SMILES string of the molecule is O=C(Nc1nncs1)c1cccc(=O)[nH]1. The Bertz CT molecular complexity index is 519. The van der Waals surface area contributed by atoms with Crippen molar-refractivity contribution in [2.75, 3.05) is 5.32 Å². The van der Waals surface area contributed by atoms with Crippen LogP contribution in [0.5, 0.6) is 0 Å². The third kappa shape index (κ3) is 2.26. The van der Waals surface area contributed by atoms with Crippen LogP contribution in [0.3, 0.4) is 0 Å². The maximum Gasteiger partial charge on any atom is 0.274 e. The fourth-order valence-corrected chi connectivity index (χ4v) is 1.41. The van der Waals surface area contributed by atoms with E-state index in [9.17, 15) is 9.59 Å². The van der Waals surface area contributed by atoms with E-state index in [2.05, 4.69) is 20.5 Å². The van der Waals surface area contributed by atoms with Crippen molar-refractivity contribution in [3.63, 3.8) is 0 Å². The van der Waals surface area contributed by atoms with E-state index in [1.807, 2.05) is 0 Å². The summed E-state index contributed by atoms with van der Waals surface area (Å²) in [6, 6.07) is 4.35. The number of carbonyl (C=O) groups excluding carboxylic acids is 1. The highest BCUT2D eigenvalue weighted by Gasteiger charge is 2.07. The summed E-state index contributed by atoms with van der Waals surface area (Å²) in [5.74, 6) is -0.413. The van der Waals surface area contributed by atoms with E-state index in [4.69, 9.17) is 0 Å². The minimum atomic E-state index is -0.413. The first-order chi connectivity index (χ1) is 7.25. The normalized spacial score (nSPS) is 9.87. The lowest BCUT2D eigenvalue weighted by Gasteiger charge is -1.99. The van der Waals surface area contributed by atoms with E-state index in [1.54, 1.807) is 0 Å². The molecule has 0 aliphatic rings. The minimum absolute atomic E-state index is 0.192. The predicted octanol–water partition coefficient (Wildman–Crippen LogP) is 0.479. The number of aromatic nitrogens is 3. The summed E-state index contributed by atoms with van der Waals surface area (Å²) in [6.07, 6.45) is 0. The first-order valence-electron chi connectivity index (χ1n) is 4.02. The van der Waals surface area contributed by atoms with Crippen LogP contribution in [0.15, 0.2) is 28.5 Å². The van der Waals surface area contributed by atoms with Crippen molar-refractivity contribution in [1.82, 2.24) is 15.2 Å². The highest BCUT2D eigenvalue weighted by molar-refractivity contribution is 7.13. The van der Waals surface area contributed by atoms with Crippen LogP contribution in [0.2, 0.25) is 0 Å². The van der Waals surface area contributed by atoms with Crippen LogP contribution >= 0.6 is 11.3 Å². The van der Waals surface area contributed by atoms with Crippen molar-refractivity contribution in [2.24, 2.45) is 0 Å². The Labute approximate surface area is 88.0 Å². The lowest BCUT2D eigenvalue weighted by Crippen LogP contribution is -2.17. The molecular formula is C8H6N4O2S. The number of pyridine rings is 1. The zero-order valence-electron chi connectivity index (χ0n) is 7.43. The molecule has 2 N–H and O–H groups in total. The molecule has 0 aliphatic heterocycles. The molecule has 2 heterocycles. The van der Waals surface area contributed by atoms with Crippen LogP contribution in [0.25, 0.3) is 0 Å². The smallest absolute Gasteiger partial charge is 0.274 e. The molecule has 15 heavy (non-hydrogen) atoms. The third-order valence-corrected chi connectivity index (χ3v) is 2.20. The monoisotopic (exact) mass is 222 g/mol. The Morgan fingerprint density at radius 1 is 1.47 bits per heavy atom. The summed E-state index contributed by atoms with van der Waals surface area (Å²) >= 11 is 1.20. The quantitative estimate of drug-likeness (QED) is 0.773. The van der Waals surface area contributed by atoms with Gasteiger partial charge in [0.05, 0.1) is 0 Å². The van der Waals surface area contributed by atoms with E-state index >= 15 is 0 Å². The molecule has 0 spiro atoms. The second-order valence-corrected chi connectivity index (χ2v) is 3.46. The maximum atomic E-state index is 11.5. The fourth-order valence-electron chi connectivity index (χ4n) is 0.972. The lowest BCUT2D eigenvalue weighted by molar-refractivity contribution is 0.102. The van der Waals surface area contributed by atoms with Gasteiger partial charge in [0, 0.05) is 6.07 Å². The minimum Gasteiger partial charge on any atom is -0.318 e. The number of hydrogen-bond donors (Lipinski definition) is 2. The van der Waals surface area contributed by atoms with Crippen LogP contribution in [-0.2, 0) is 0 Å². The molecule has 2 rings (SSSR count). The highest BCUT2D eigenvalue weighted by atomic mass is 32.1. The van der Waals surface area contributed by atoms with E-state index < -0.39 is 5.91 Å². The van der Waals surface area contributed by atoms with E-state index in [1.165, 1.54) is 35.0 Å². The summed E-state index contributed by atoms with van der Waals surface area (Å²) in [5.41, 5.74) is 1.38. The molecule has 0 aliphatic carbocycles. The van der Waals surface area contributed by atoms with Crippen molar-refractivity contribution in [2.45, 2.75) is 0 Å². The Kier molecular flexibility index (Phi) is 2.55. The molecule has 2 aromatic heterocycles. The van der Waals surface area contributed by atoms with Gasteiger partial charge in [0.25, 0.3) is 5.91 Å². The number of nitrogens with zero attached hydrogens (tertiary/aromatic N) is 2. The maximum absolute atomic E-state index is 11.5. The zero-order chi connectivity index (χ0) is 10.7. The van der Waals surface area contributed by atoms with E-state index in [0.717, 1.165) is 0 Å². The van der Waals surface area contributed by atoms with Gasteiger partial charge in [-0.2, -0.15) is 0 Å². The van der Waals surface area contributed by atoms with Crippen LogP contribution in [0.4, 0.5) is 5.13 Å². The molecule has 2 aromatic rings. The van der Waals surface area contributed by atoms with Crippen LogP contribution < -0.4 is 10.9 Å². The van der Waals surface area contributed by atoms with E-state index in [0.29, 0.717) is 5.13 Å². The van der Waals surface area contributed by atoms with Crippen molar-refractivity contribution in [1.29, 1.82) is 0 Å². The van der Waals surface area contributed by atoms with Gasteiger partial charge in [-0.15, -0.1) is 10.2 Å². The molecule has 76 valence electrons. The van der Waals surface area contributed by atoms with Crippen LogP contribution in [0.1, 0.15) is 10.5 Å². The first-order valence-corrected chi connectivity index (χ1v) is 4.90. The average Bonchev–Trinajstić information content (AvgIpc) is 2.70. The number of hydrogen-bond acceptors (Lipinski definition) is 5. The number of carbonyl (C=O) groups is 1. The zero-order valence-corrected chi connectivity index (χ0v) is 8.25. The Balaban J connectivity index is 2.18. The summed E-state index contributed by atoms with van der Waals surface area (Å²) in [5, 5.41) is 10.1. The third-order valence-electron chi connectivity index (χ3n) is 1.59. The molecule has 0 bridgehead atoms. The first kappa shape index (κ1) is 9.53. The average molecular weight is 222 g/mol. The van der Waals surface area contributed by atoms with E-state index in [-0.39, 0.29) is 11.3 Å². The lowest BCUT2D eigenvalue weighted by atomic mass is 10.3. The van der Waals surface area contributed by atoms with Gasteiger partial charge in [0.15, 0.2) is 0 Å². The van der Waals surface area contributed by atoms with Gasteiger partial charge in [-0.3, -0.25) is 14.9 Å². The molecule has 6 nitrogen and oxygen atoms in total. The molecule has 0 unspecified atom stereocenters. The van der Waals surface area contributed by atoms with Crippen LogP contribution in [0, 0.1) is 0 Å². The van der Waals surface area contributed by atoms with Gasteiger partial charge >= 0.3 is 0 Å². The number of rotatable bonds is 2. The molecule has 0 saturated heterocycles. The van der Waals surface area contributed by atoms with Gasteiger partial charge in [0.1, 0.15) is 11.2 Å². The number of anilines is 1. The molecule has 0 atom stereocenters. The van der Waals surface area contributed by atoms with Gasteiger partial charge in [-0.1, -0.05) is 17.4 Å². The Hall–Kier alpha value is -2.02. The van der Waals surface area contributed by atoms with Crippen molar-refractivity contribution >= 4 is 22.4 Å². The van der Waals surface area contributed by atoms with Gasteiger partial charge < -0.3 is 4.98 Å².